The Morgan fingerprint density at radius 2 is 2.32 bits per heavy atom. The van der Waals surface area contributed by atoms with Gasteiger partial charge in [-0.3, -0.25) is 4.79 Å². The quantitative estimate of drug-likeness (QED) is 0.895. The van der Waals surface area contributed by atoms with Gasteiger partial charge in [-0.05, 0) is 40.2 Å². The molecule has 6 heteroatoms. The number of amides is 1. The number of benzene rings is 1. The average molecular weight is 339 g/mol. The molecule has 0 spiro atoms. The first-order valence-electron chi connectivity index (χ1n) is 5.75. The molecule has 0 bridgehead atoms. The van der Waals surface area contributed by atoms with Crippen LogP contribution >= 0.6 is 27.7 Å². The van der Waals surface area contributed by atoms with E-state index in [0.29, 0.717) is 12.3 Å². The van der Waals surface area contributed by atoms with Crippen LogP contribution in [0.5, 0.6) is 0 Å². The molecular formula is C13H11BrN2O2S. The van der Waals surface area contributed by atoms with E-state index in [1.54, 1.807) is 18.0 Å². The highest BCUT2D eigenvalue weighted by Gasteiger charge is 2.15. The molecule has 1 aromatic heterocycles. The fraction of sp³-hybridized carbons (Fsp3) is 0.154. The molecule has 19 heavy (non-hydrogen) atoms. The molecular weight excluding hydrogens is 328 g/mol. The van der Waals surface area contributed by atoms with Gasteiger partial charge >= 0.3 is 0 Å². The van der Waals surface area contributed by atoms with Crippen LogP contribution in [0.3, 0.4) is 0 Å². The summed E-state index contributed by atoms with van der Waals surface area (Å²) in [5.41, 5.74) is 1.81. The second kappa shape index (κ2) is 5.30. The van der Waals surface area contributed by atoms with E-state index in [-0.39, 0.29) is 5.91 Å². The lowest BCUT2D eigenvalue weighted by atomic mass is 10.2. The van der Waals surface area contributed by atoms with Crippen molar-refractivity contribution in [2.75, 3.05) is 16.4 Å². The molecule has 0 saturated carbocycles. The first-order chi connectivity index (χ1) is 9.22. The predicted molar refractivity (Wildman–Crippen MR) is 79.5 cm³/mol. The zero-order valence-electron chi connectivity index (χ0n) is 9.90. The van der Waals surface area contributed by atoms with Crippen molar-refractivity contribution in [2.45, 2.75) is 11.4 Å². The van der Waals surface area contributed by atoms with Gasteiger partial charge in [-0.15, -0.1) is 11.8 Å². The van der Waals surface area contributed by atoms with E-state index in [9.17, 15) is 4.79 Å². The molecule has 4 nitrogen and oxygen atoms in total. The van der Waals surface area contributed by atoms with E-state index in [1.165, 1.54) is 0 Å². The zero-order valence-corrected chi connectivity index (χ0v) is 12.3. The Labute approximate surface area is 123 Å². The Kier molecular flexibility index (Phi) is 3.52. The van der Waals surface area contributed by atoms with Gasteiger partial charge in [-0.25, -0.2) is 0 Å². The predicted octanol–water partition coefficient (Wildman–Crippen LogP) is 3.70. The van der Waals surface area contributed by atoms with Gasteiger partial charge in [0, 0.05) is 10.6 Å². The third-order valence-corrected chi connectivity index (χ3v) is 4.54. The molecule has 0 fully saturated rings. The first-order valence-corrected chi connectivity index (χ1v) is 7.53. The van der Waals surface area contributed by atoms with Crippen LogP contribution in [-0.4, -0.2) is 11.7 Å². The summed E-state index contributed by atoms with van der Waals surface area (Å²) in [5, 5.41) is 6.14. The summed E-state index contributed by atoms with van der Waals surface area (Å²) < 4.78 is 6.28. The molecule has 0 unspecified atom stereocenters. The second-order valence-electron chi connectivity index (χ2n) is 4.09. The van der Waals surface area contributed by atoms with E-state index in [1.807, 2.05) is 24.3 Å². The fourth-order valence-electron chi connectivity index (χ4n) is 1.83. The number of thioether (sulfide) groups is 1. The number of halogens is 1. The SMILES string of the molecule is O=C1CSc2ccc(NCc3occc3Br)cc2N1. The molecule has 1 aliphatic rings. The topological polar surface area (TPSA) is 54.3 Å². The molecule has 1 aliphatic heterocycles. The van der Waals surface area contributed by atoms with E-state index >= 15 is 0 Å². The number of furan rings is 1. The molecule has 0 aliphatic carbocycles. The van der Waals surface area contributed by atoms with Crippen LogP contribution in [0, 0.1) is 0 Å². The molecule has 2 aromatic rings. The molecule has 2 N–H and O–H groups in total. The Hall–Kier alpha value is -1.40. The number of carbonyl (C=O) groups is 1. The number of carbonyl (C=O) groups excluding carboxylic acids is 1. The average Bonchev–Trinajstić information content (AvgIpc) is 2.81. The summed E-state index contributed by atoms with van der Waals surface area (Å²) in [4.78, 5) is 12.5. The molecule has 0 radical (unpaired) electrons. The van der Waals surface area contributed by atoms with Gasteiger partial charge < -0.3 is 15.1 Å². The van der Waals surface area contributed by atoms with Gasteiger partial charge in [-0.1, -0.05) is 0 Å². The molecule has 1 aromatic carbocycles. The highest BCUT2D eigenvalue weighted by atomic mass is 79.9. The minimum atomic E-state index is 0.0448. The minimum Gasteiger partial charge on any atom is -0.466 e. The second-order valence-corrected chi connectivity index (χ2v) is 5.96. The molecule has 0 saturated heterocycles. The zero-order chi connectivity index (χ0) is 13.2. The van der Waals surface area contributed by atoms with Crippen molar-refractivity contribution in [1.82, 2.24) is 0 Å². The lowest BCUT2D eigenvalue weighted by molar-refractivity contribution is -0.113. The lowest BCUT2D eigenvalue weighted by Gasteiger charge is -2.17. The maximum atomic E-state index is 11.4. The summed E-state index contributed by atoms with van der Waals surface area (Å²) in [5.74, 6) is 1.37. The summed E-state index contributed by atoms with van der Waals surface area (Å²) in [7, 11) is 0. The van der Waals surface area contributed by atoms with Crippen LogP contribution in [0.4, 0.5) is 11.4 Å². The van der Waals surface area contributed by atoms with Gasteiger partial charge in [0.05, 0.1) is 28.7 Å². The number of rotatable bonds is 3. The van der Waals surface area contributed by atoms with E-state index in [2.05, 4.69) is 26.6 Å². The van der Waals surface area contributed by atoms with Crippen molar-refractivity contribution >= 4 is 45.0 Å². The van der Waals surface area contributed by atoms with Gasteiger partial charge in [0.25, 0.3) is 0 Å². The third kappa shape index (κ3) is 2.79. The van der Waals surface area contributed by atoms with Crippen LogP contribution in [-0.2, 0) is 11.3 Å². The van der Waals surface area contributed by atoms with E-state index < -0.39 is 0 Å². The van der Waals surface area contributed by atoms with Crippen LogP contribution in [0.2, 0.25) is 0 Å². The van der Waals surface area contributed by atoms with Crippen LogP contribution < -0.4 is 10.6 Å². The maximum Gasteiger partial charge on any atom is 0.234 e. The van der Waals surface area contributed by atoms with Gasteiger partial charge in [0.1, 0.15) is 5.76 Å². The molecule has 98 valence electrons. The number of nitrogens with one attached hydrogen (secondary N) is 2. The van der Waals surface area contributed by atoms with Crippen molar-refractivity contribution in [3.63, 3.8) is 0 Å². The molecule has 1 amide bonds. The molecule has 0 atom stereocenters. The number of anilines is 2. The Balaban J connectivity index is 1.74. The van der Waals surface area contributed by atoms with Crippen LogP contribution in [0.15, 0.2) is 44.3 Å². The lowest BCUT2D eigenvalue weighted by Crippen LogP contribution is -2.18. The standard InChI is InChI=1S/C13H11BrN2O2S/c14-9-3-4-18-11(9)6-15-8-1-2-12-10(5-8)16-13(17)7-19-12/h1-5,15H,6-7H2,(H,16,17). The highest BCUT2D eigenvalue weighted by Crippen LogP contribution is 2.33. The molecule has 3 rings (SSSR count). The number of hydrogen-bond acceptors (Lipinski definition) is 4. The summed E-state index contributed by atoms with van der Waals surface area (Å²) in [6, 6.07) is 7.82. The van der Waals surface area contributed by atoms with E-state index in [0.717, 1.165) is 26.5 Å². The minimum absolute atomic E-state index is 0.0448. The summed E-state index contributed by atoms with van der Waals surface area (Å²) >= 11 is 4.97. The highest BCUT2D eigenvalue weighted by molar-refractivity contribution is 9.10. The van der Waals surface area contributed by atoms with E-state index in [4.69, 9.17) is 4.42 Å². The van der Waals surface area contributed by atoms with Gasteiger partial charge in [-0.2, -0.15) is 0 Å². The van der Waals surface area contributed by atoms with Crippen LogP contribution in [0.25, 0.3) is 0 Å². The van der Waals surface area contributed by atoms with Crippen molar-refractivity contribution in [1.29, 1.82) is 0 Å². The van der Waals surface area contributed by atoms with Gasteiger partial charge in [0.2, 0.25) is 5.91 Å². The Morgan fingerprint density at radius 3 is 3.11 bits per heavy atom. The first kappa shape index (κ1) is 12.6. The van der Waals surface area contributed by atoms with Crippen molar-refractivity contribution in [3.8, 4) is 0 Å². The normalized spacial score (nSPS) is 13.8. The van der Waals surface area contributed by atoms with Crippen LogP contribution in [0.1, 0.15) is 5.76 Å². The van der Waals surface area contributed by atoms with Crippen molar-refractivity contribution < 1.29 is 9.21 Å². The Morgan fingerprint density at radius 1 is 1.42 bits per heavy atom. The number of hydrogen-bond donors (Lipinski definition) is 2. The maximum absolute atomic E-state index is 11.4. The largest absolute Gasteiger partial charge is 0.466 e. The summed E-state index contributed by atoms with van der Waals surface area (Å²) in [6.07, 6.45) is 1.64. The fourth-order valence-corrected chi connectivity index (χ4v) is 2.96. The van der Waals surface area contributed by atoms with Crippen molar-refractivity contribution in [2.24, 2.45) is 0 Å². The smallest absolute Gasteiger partial charge is 0.234 e. The van der Waals surface area contributed by atoms with Gasteiger partial charge in [0.15, 0.2) is 0 Å². The molecule has 2 heterocycles. The summed E-state index contributed by atoms with van der Waals surface area (Å²) in [6.45, 7) is 0.591. The third-order valence-electron chi connectivity index (χ3n) is 2.76. The number of fused-ring (bicyclic) bond motifs is 1. The Bertz CT molecular complexity index is 627. The monoisotopic (exact) mass is 338 g/mol. The van der Waals surface area contributed by atoms with Crippen molar-refractivity contribution in [3.05, 3.63) is 40.8 Å².